The largest absolute Gasteiger partial charge is 0.489 e. The normalized spacial score (nSPS) is 10.8. The van der Waals surface area contributed by atoms with E-state index in [-0.39, 0.29) is 18.3 Å². The lowest BCUT2D eigenvalue weighted by atomic mass is 10.2. The lowest BCUT2D eigenvalue weighted by Crippen LogP contribution is -2.22. The van der Waals surface area contributed by atoms with Crippen molar-refractivity contribution in [2.24, 2.45) is 0 Å². The second-order valence-corrected chi connectivity index (χ2v) is 6.18. The first-order valence-corrected chi connectivity index (χ1v) is 8.72. The number of amides is 1. The summed E-state index contributed by atoms with van der Waals surface area (Å²) in [5.74, 6) is 0.159. The Bertz CT molecular complexity index is 1110. The lowest BCUT2D eigenvalue weighted by Gasteiger charge is -2.09. The Morgan fingerprint density at radius 3 is 2.75 bits per heavy atom. The molecule has 1 N–H and O–H groups in total. The number of nitrogens with one attached hydrogen (secondary N) is 1. The summed E-state index contributed by atoms with van der Waals surface area (Å²) in [5, 5.41) is 6.87. The van der Waals surface area contributed by atoms with Crippen molar-refractivity contribution in [3.63, 3.8) is 0 Å². The third-order valence-corrected chi connectivity index (χ3v) is 4.27. The number of hydrogen-bond acceptors (Lipinski definition) is 4. The maximum absolute atomic E-state index is 13.6. The molecule has 0 bridgehead atoms. The monoisotopic (exact) mass is 376 g/mol. The van der Waals surface area contributed by atoms with E-state index in [1.54, 1.807) is 53.2 Å². The Balaban J connectivity index is 1.32. The first-order chi connectivity index (χ1) is 13.7. The van der Waals surface area contributed by atoms with Crippen LogP contribution in [-0.4, -0.2) is 20.5 Å². The molecule has 0 fully saturated rings. The summed E-state index contributed by atoms with van der Waals surface area (Å²) in [6.07, 6.45) is 3.13. The number of ether oxygens (including phenoxy) is 1. The number of carbonyl (C=O) groups excluding carboxylic acids is 1. The van der Waals surface area contributed by atoms with Crippen LogP contribution in [0.3, 0.4) is 0 Å². The Kier molecular flexibility index (Phi) is 4.97. The van der Waals surface area contributed by atoms with E-state index in [2.05, 4.69) is 15.4 Å². The Morgan fingerprint density at radius 1 is 1.11 bits per heavy atom. The van der Waals surface area contributed by atoms with Crippen LogP contribution >= 0.6 is 0 Å². The van der Waals surface area contributed by atoms with Crippen molar-refractivity contribution in [3.05, 3.63) is 95.7 Å². The standard InChI is InChI=1S/C21H17FN4O2/c22-19-4-2-1-3-17(19)13-28-18-7-5-15(6-8-18)12-23-21(27)16-9-10-26-20(11-16)24-14-25-26/h1-11,14H,12-13H2,(H,23,27). The average molecular weight is 376 g/mol. The number of fused-ring (bicyclic) bond motifs is 1. The van der Waals surface area contributed by atoms with Crippen molar-refractivity contribution in [3.8, 4) is 5.75 Å². The molecule has 4 aromatic rings. The quantitative estimate of drug-likeness (QED) is 0.560. The molecule has 2 heterocycles. The molecule has 6 nitrogen and oxygen atoms in total. The fourth-order valence-corrected chi connectivity index (χ4v) is 2.72. The molecule has 0 radical (unpaired) electrons. The molecule has 0 unspecified atom stereocenters. The molecule has 0 aliphatic heterocycles. The summed E-state index contributed by atoms with van der Waals surface area (Å²) >= 11 is 0. The molecule has 4 rings (SSSR count). The smallest absolute Gasteiger partial charge is 0.251 e. The Labute approximate surface area is 160 Å². The van der Waals surface area contributed by atoms with Gasteiger partial charge >= 0.3 is 0 Å². The van der Waals surface area contributed by atoms with E-state index < -0.39 is 0 Å². The van der Waals surface area contributed by atoms with Crippen LogP contribution in [0.2, 0.25) is 0 Å². The number of benzene rings is 2. The van der Waals surface area contributed by atoms with Crippen LogP contribution in [-0.2, 0) is 13.2 Å². The van der Waals surface area contributed by atoms with Gasteiger partial charge in [-0.1, -0.05) is 30.3 Å². The fourth-order valence-electron chi connectivity index (χ4n) is 2.72. The molecular weight excluding hydrogens is 359 g/mol. The molecule has 0 atom stereocenters. The predicted octanol–water partition coefficient (Wildman–Crippen LogP) is 3.38. The van der Waals surface area contributed by atoms with Crippen molar-refractivity contribution < 1.29 is 13.9 Å². The van der Waals surface area contributed by atoms with Gasteiger partial charge in [0.2, 0.25) is 0 Å². The van der Waals surface area contributed by atoms with Crippen LogP contribution in [0.15, 0.2) is 73.2 Å². The molecule has 0 saturated heterocycles. The van der Waals surface area contributed by atoms with Gasteiger partial charge in [0.15, 0.2) is 5.65 Å². The van der Waals surface area contributed by atoms with Crippen LogP contribution in [0.25, 0.3) is 5.65 Å². The highest BCUT2D eigenvalue weighted by molar-refractivity contribution is 5.94. The first-order valence-electron chi connectivity index (χ1n) is 8.72. The molecule has 0 spiro atoms. The molecular formula is C21H17FN4O2. The zero-order valence-electron chi connectivity index (χ0n) is 14.9. The van der Waals surface area contributed by atoms with Gasteiger partial charge in [0.1, 0.15) is 24.5 Å². The summed E-state index contributed by atoms with van der Waals surface area (Å²) in [6.45, 7) is 0.540. The van der Waals surface area contributed by atoms with E-state index in [0.29, 0.717) is 29.1 Å². The highest BCUT2D eigenvalue weighted by Gasteiger charge is 2.08. The number of aromatic nitrogens is 3. The van der Waals surface area contributed by atoms with Gasteiger partial charge < -0.3 is 10.1 Å². The van der Waals surface area contributed by atoms with Crippen molar-refractivity contribution in [2.75, 3.05) is 0 Å². The van der Waals surface area contributed by atoms with E-state index in [9.17, 15) is 9.18 Å². The van der Waals surface area contributed by atoms with Gasteiger partial charge in [-0.2, -0.15) is 5.10 Å². The number of nitrogens with zero attached hydrogens (tertiary/aromatic N) is 3. The minimum atomic E-state index is -0.286. The minimum absolute atomic E-state index is 0.161. The van der Waals surface area contributed by atoms with Gasteiger partial charge in [0.25, 0.3) is 5.91 Å². The van der Waals surface area contributed by atoms with Gasteiger partial charge in [-0.15, -0.1) is 0 Å². The zero-order valence-corrected chi connectivity index (χ0v) is 14.9. The first kappa shape index (κ1) is 17.7. The Hall–Kier alpha value is -3.74. The molecule has 2 aromatic heterocycles. The van der Waals surface area contributed by atoms with Gasteiger partial charge in [0, 0.05) is 23.9 Å². The van der Waals surface area contributed by atoms with Crippen molar-refractivity contribution >= 4 is 11.6 Å². The summed E-state index contributed by atoms with van der Waals surface area (Å²) in [6, 6.07) is 17.2. The molecule has 1 amide bonds. The van der Waals surface area contributed by atoms with E-state index in [1.165, 1.54) is 12.4 Å². The van der Waals surface area contributed by atoms with Crippen molar-refractivity contribution in [1.82, 2.24) is 19.9 Å². The van der Waals surface area contributed by atoms with E-state index in [1.807, 2.05) is 12.1 Å². The highest BCUT2D eigenvalue weighted by atomic mass is 19.1. The van der Waals surface area contributed by atoms with Crippen LogP contribution in [0, 0.1) is 5.82 Å². The second kappa shape index (κ2) is 7.87. The highest BCUT2D eigenvalue weighted by Crippen LogP contribution is 2.16. The van der Waals surface area contributed by atoms with Crippen molar-refractivity contribution in [2.45, 2.75) is 13.2 Å². The van der Waals surface area contributed by atoms with Crippen LogP contribution in [0.1, 0.15) is 21.5 Å². The maximum atomic E-state index is 13.6. The van der Waals surface area contributed by atoms with Crippen molar-refractivity contribution in [1.29, 1.82) is 0 Å². The summed E-state index contributed by atoms with van der Waals surface area (Å²) < 4.78 is 20.8. The summed E-state index contributed by atoms with van der Waals surface area (Å²) in [4.78, 5) is 16.4. The predicted molar refractivity (Wildman–Crippen MR) is 101 cm³/mol. The SMILES string of the molecule is O=C(NCc1ccc(OCc2ccccc2F)cc1)c1ccn2ncnc2c1. The molecule has 0 aliphatic carbocycles. The molecule has 7 heteroatoms. The van der Waals surface area contributed by atoms with E-state index in [0.717, 1.165) is 5.56 Å². The van der Waals surface area contributed by atoms with Crippen LogP contribution in [0.4, 0.5) is 4.39 Å². The molecule has 0 aliphatic rings. The molecule has 140 valence electrons. The van der Waals surface area contributed by atoms with Gasteiger partial charge in [0.05, 0.1) is 0 Å². The zero-order chi connectivity index (χ0) is 19.3. The van der Waals surface area contributed by atoms with E-state index in [4.69, 9.17) is 4.74 Å². The number of halogens is 1. The maximum Gasteiger partial charge on any atom is 0.251 e. The molecule has 28 heavy (non-hydrogen) atoms. The topological polar surface area (TPSA) is 68.5 Å². The van der Waals surface area contributed by atoms with Crippen LogP contribution in [0.5, 0.6) is 5.75 Å². The second-order valence-electron chi connectivity index (χ2n) is 6.18. The Morgan fingerprint density at radius 2 is 1.93 bits per heavy atom. The van der Waals surface area contributed by atoms with Gasteiger partial charge in [-0.25, -0.2) is 13.9 Å². The third kappa shape index (κ3) is 3.98. The third-order valence-electron chi connectivity index (χ3n) is 4.27. The number of carbonyl (C=O) groups is 1. The van der Waals surface area contributed by atoms with Gasteiger partial charge in [-0.05, 0) is 35.9 Å². The average Bonchev–Trinajstić information content (AvgIpc) is 3.20. The molecule has 0 saturated carbocycles. The fraction of sp³-hybridized carbons (Fsp3) is 0.0952. The minimum Gasteiger partial charge on any atom is -0.489 e. The number of hydrogen-bond donors (Lipinski definition) is 1. The lowest BCUT2D eigenvalue weighted by molar-refractivity contribution is 0.0951. The van der Waals surface area contributed by atoms with E-state index >= 15 is 0 Å². The summed E-state index contributed by atoms with van der Waals surface area (Å²) in [5.41, 5.74) is 2.56. The molecule has 2 aromatic carbocycles. The van der Waals surface area contributed by atoms with Crippen LogP contribution < -0.4 is 10.1 Å². The number of pyridine rings is 1. The summed E-state index contributed by atoms with van der Waals surface area (Å²) in [7, 11) is 0. The number of rotatable bonds is 6. The van der Waals surface area contributed by atoms with Gasteiger partial charge in [-0.3, -0.25) is 4.79 Å².